The molecular formula is C29H40N4O9S2. The molecule has 0 amide bonds. The Morgan fingerprint density at radius 3 is 2.61 bits per heavy atom. The van der Waals surface area contributed by atoms with Crippen LogP contribution in [0.1, 0.15) is 32.1 Å². The van der Waals surface area contributed by atoms with Crippen LogP contribution in [0.3, 0.4) is 0 Å². The molecule has 1 aromatic carbocycles. The molecule has 2 atom stereocenters. The summed E-state index contributed by atoms with van der Waals surface area (Å²) in [4.78, 5) is 6.43. The molecule has 1 aliphatic carbocycles. The summed E-state index contributed by atoms with van der Waals surface area (Å²) in [6.07, 6.45) is 3.21. The number of piperidine rings is 1. The van der Waals surface area contributed by atoms with Gasteiger partial charge < -0.3 is 34.6 Å². The summed E-state index contributed by atoms with van der Waals surface area (Å²) in [7, 11) is -5.51. The molecule has 15 heteroatoms. The van der Waals surface area contributed by atoms with Crippen LogP contribution < -0.4 is 19.7 Å². The molecular weight excluding hydrogens is 612 g/mol. The fraction of sp³-hybridized carbons (Fsp3) is 0.621. The molecule has 1 spiro atoms. The first-order valence-corrected chi connectivity index (χ1v) is 17.9. The van der Waals surface area contributed by atoms with Crippen molar-refractivity contribution in [1.29, 1.82) is 0 Å². The summed E-state index contributed by atoms with van der Waals surface area (Å²) in [5.41, 5.74) is 0.240. The van der Waals surface area contributed by atoms with Crippen molar-refractivity contribution in [2.24, 2.45) is 0 Å². The Kier molecular flexibility index (Phi) is 8.58. The van der Waals surface area contributed by atoms with Crippen LogP contribution in [0.4, 0.5) is 5.69 Å². The fourth-order valence-corrected chi connectivity index (χ4v) is 9.39. The number of aromatic nitrogens is 1. The van der Waals surface area contributed by atoms with Gasteiger partial charge in [0.25, 0.3) is 0 Å². The second-order valence-corrected chi connectivity index (χ2v) is 16.5. The SMILES string of the molecule is CN1CCOc2ncc(S(=O)(=O)N3CCC4(CC3)C[C@@H](NCC(O)COc3cccc(S(=O)(=O)C5(CO)CC5)c3)CO4)cc21. The standard InChI is InChI=1S/C29H40N4O9S2/c1-32-11-12-40-27-26(32)14-25(17-31-27)44(38,39)33-9-7-28(8-10-33)15-21(18-42-28)30-16-22(35)19-41-23-3-2-4-24(13-23)43(36,37)29(20-34)5-6-29/h2-4,13-14,17,21-22,30,34-35H,5-12,15-16,18-20H2,1H3/t21-,22?/m1/s1. The summed E-state index contributed by atoms with van der Waals surface area (Å²) in [5, 5.41) is 23.4. The van der Waals surface area contributed by atoms with Crippen molar-refractivity contribution in [2.45, 2.75) is 64.4 Å². The third kappa shape index (κ3) is 6.02. The Hall–Kier alpha value is -2.53. The van der Waals surface area contributed by atoms with Gasteiger partial charge in [-0.15, -0.1) is 0 Å². The number of fused-ring (bicyclic) bond motifs is 1. The second-order valence-electron chi connectivity index (χ2n) is 12.3. The molecule has 1 aromatic heterocycles. The Morgan fingerprint density at radius 1 is 1.11 bits per heavy atom. The maximum atomic E-state index is 13.4. The quantitative estimate of drug-likeness (QED) is 0.309. The molecule has 3 fully saturated rings. The molecule has 6 rings (SSSR count). The number of pyridine rings is 1. The summed E-state index contributed by atoms with van der Waals surface area (Å²) in [5.74, 6) is 0.769. The van der Waals surface area contributed by atoms with Crippen LogP contribution >= 0.6 is 0 Å². The molecule has 2 saturated heterocycles. The van der Waals surface area contributed by atoms with Crippen LogP contribution in [-0.4, -0.2) is 118 Å². The molecule has 1 unspecified atom stereocenters. The molecule has 1 saturated carbocycles. The number of rotatable bonds is 11. The average molecular weight is 653 g/mol. The molecule has 3 N–H and O–H groups in total. The van der Waals surface area contributed by atoms with Crippen molar-refractivity contribution >= 4 is 25.5 Å². The topological polar surface area (TPSA) is 168 Å². The molecule has 44 heavy (non-hydrogen) atoms. The number of likely N-dealkylation sites (N-methyl/N-ethyl adjacent to an activating group) is 1. The number of benzene rings is 1. The van der Waals surface area contributed by atoms with E-state index in [1.807, 2.05) is 11.9 Å². The smallest absolute Gasteiger partial charge is 0.244 e. The summed E-state index contributed by atoms with van der Waals surface area (Å²) < 4.78 is 70.4. The number of nitrogens with zero attached hydrogens (tertiary/aromatic N) is 3. The Morgan fingerprint density at radius 2 is 1.89 bits per heavy atom. The highest BCUT2D eigenvalue weighted by Gasteiger charge is 2.54. The zero-order valence-electron chi connectivity index (χ0n) is 24.7. The normalized spacial score (nSPS) is 23.6. The van der Waals surface area contributed by atoms with E-state index in [-0.39, 0.29) is 29.0 Å². The predicted molar refractivity (Wildman–Crippen MR) is 160 cm³/mol. The van der Waals surface area contributed by atoms with Gasteiger partial charge in [0, 0.05) is 32.7 Å². The first kappa shape index (κ1) is 31.5. The number of aliphatic hydroxyl groups is 2. The minimum absolute atomic E-state index is 0.00475. The molecule has 0 radical (unpaired) electrons. The molecule has 4 aliphatic rings. The van der Waals surface area contributed by atoms with Gasteiger partial charge in [-0.1, -0.05) is 6.07 Å². The number of hydrogen-bond acceptors (Lipinski definition) is 12. The van der Waals surface area contributed by atoms with Crippen molar-refractivity contribution in [3.05, 3.63) is 36.5 Å². The maximum Gasteiger partial charge on any atom is 0.244 e. The molecule has 13 nitrogen and oxygen atoms in total. The number of anilines is 1. The highest BCUT2D eigenvalue weighted by molar-refractivity contribution is 7.93. The largest absolute Gasteiger partial charge is 0.491 e. The van der Waals surface area contributed by atoms with Crippen LogP contribution in [0.25, 0.3) is 0 Å². The lowest BCUT2D eigenvalue weighted by Gasteiger charge is -2.38. The first-order chi connectivity index (χ1) is 21.0. The van der Waals surface area contributed by atoms with Gasteiger partial charge in [0.1, 0.15) is 35.7 Å². The number of sulfone groups is 1. The van der Waals surface area contributed by atoms with E-state index in [1.54, 1.807) is 18.2 Å². The van der Waals surface area contributed by atoms with Crippen LogP contribution in [0.15, 0.2) is 46.3 Å². The zero-order chi connectivity index (χ0) is 31.2. The first-order valence-electron chi connectivity index (χ1n) is 14.9. The number of ether oxygens (including phenoxy) is 3. The number of hydrogen-bond donors (Lipinski definition) is 3. The van der Waals surface area contributed by atoms with Gasteiger partial charge in [0.05, 0.1) is 41.2 Å². The molecule has 3 aliphatic heterocycles. The van der Waals surface area contributed by atoms with Crippen LogP contribution in [0, 0.1) is 0 Å². The van der Waals surface area contributed by atoms with E-state index >= 15 is 0 Å². The second kappa shape index (κ2) is 12.0. The lowest BCUT2D eigenvalue weighted by Crippen LogP contribution is -2.47. The molecule has 0 bridgehead atoms. The lowest BCUT2D eigenvalue weighted by atomic mass is 9.88. The monoisotopic (exact) mass is 652 g/mol. The Balaban J connectivity index is 0.969. The fourth-order valence-electron chi connectivity index (χ4n) is 6.14. The predicted octanol–water partition coefficient (Wildman–Crippen LogP) is 0.551. The van der Waals surface area contributed by atoms with E-state index < -0.39 is 42.9 Å². The minimum Gasteiger partial charge on any atom is -0.491 e. The highest BCUT2D eigenvalue weighted by Crippen LogP contribution is 2.46. The number of sulfonamides is 1. The van der Waals surface area contributed by atoms with Gasteiger partial charge >= 0.3 is 0 Å². The van der Waals surface area contributed by atoms with Crippen molar-refractivity contribution in [1.82, 2.24) is 14.6 Å². The number of aliphatic hydroxyl groups excluding tert-OH is 2. The van der Waals surface area contributed by atoms with Crippen LogP contribution in [0.5, 0.6) is 11.6 Å². The van der Waals surface area contributed by atoms with E-state index in [0.717, 1.165) is 0 Å². The summed E-state index contributed by atoms with van der Waals surface area (Å²) >= 11 is 0. The maximum absolute atomic E-state index is 13.4. The van der Waals surface area contributed by atoms with Crippen LogP contribution in [0.2, 0.25) is 0 Å². The Bertz CT molecular complexity index is 1570. The van der Waals surface area contributed by atoms with Crippen LogP contribution in [-0.2, 0) is 24.6 Å². The molecule has 4 heterocycles. The van der Waals surface area contributed by atoms with Gasteiger partial charge in [-0.3, -0.25) is 0 Å². The summed E-state index contributed by atoms with van der Waals surface area (Å²) in [6, 6.07) is 7.76. The van der Waals surface area contributed by atoms with Crippen molar-refractivity contribution in [2.75, 3.05) is 64.6 Å². The van der Waals surface area contributed by atoms with Gasteiger partial charge in [-0.05, 0) is 56.4 Å². The molecule has 2 aromatic rings. The summed E-state index contributed by atoms with van der Waals surface area (Å²) in [6.45, 7) is 2.10. The third-order valence-electron chi connectivity index (χ3n) is 9.23. The molecule has 242 valence electrons. The van der Waals surface area contributed by atoms with Crippen molar-refractivity contribution in [3.8, 4) is 11.6 Å². The van der Waals surface area contributed by atoms with E-state index in [9.17, 15) is 27.0 Å². The van der Waals surface area contributed by atoms with Crippen molar-refractivity contribution in [3.63, 3.8) is 0 Å². The van der Waals surface area contributed by atoms with Gasteiger partial charge in [-0.2, -0.15) is 4.31 Å². The lowest BCUT2D eigenvalue weighted by molar-refractivity contribution is -0.0312. The zero-order valence-corrected chi connectivity index (χ0v) is 26.4. The van der Waals surface area contributed by atoms with Gasteiger partial charge in [0.2, 0.25) is 15.9 Å². The van der Waals surface area contributed by atoms with E-state index in [4.69, 9.17) is 14.2 Å². The minimum atomic E-state index is -3.72. The third-order valence-corrected chi connectivity index (χ3v) is 13.6. The van der Waals surface area contributed by atoms with Gasteiger partial charge in [-0.25, -0.2) is 21.8 Å². The van der Waals surface area contributed by atoms with E-state index in [0.29, 0.717) is 82.3 Å². The van der Waals surface area contributed by atoms with E-state index in [2.05, 4.69) is 10.3 Å². The Labute approximate surface area is 258 Å². The van der Waals surface area contributed by atoms with Gasteiger partial charge in [0.15, 0.2) is 9.84 Å². The highest BCUT2D eigenvalue weighted by atomic mass is 32.2. The van der Waals surface area contributed by atoms with E-state index in [1.165, 1.54) is 22.6 Å². The number of nitrogens with one attached hydrogen (secondary N) is 1. The van der Waals surface area contributed by atoms with Crippen molar-refractivity contribution < 1.29 is 41.3 Å². The average Bonchev–Trinajstić information content (AvgIpc) is 3.75.